The molecule has 2 aromatic carbocycles. The quantitative estimate of drug-likeness (QED) is 0.536. The summed E-state index contributed by atoms with van der Waals surface area (Å²) in [6.45, 7) is 1.49. The fourth-order valence-corrected chi connectivity index (χ4v) is 5.67. The maximum atomic E-state index is 13.2. The first-order valence-corrected chi connectivity index (χ1v) is 13.0. The third-order valence-electron chi connectivity index (χ3n) is 5.63. The van der Waals surface area contributed by atoms with Gasteiger partial charge in [0.2, 0.25) is 11.8 Å². The van der Waals surface area contributed by atoms with Gasteiger partial charge >= 0.3 is 0 Å². The van der Waals surface area contributed by atoms with E-state index in [9.17, 15) is 18.0 Å². The van der Waals surface area contributed by atoms with E-state index in [4.69, 9.17) is 23.2 Å². The molecule has 3 aromatic rings. The van der Waals surface area contributed by atoms with Crippen LogP contribution in [-0.2, 0) is 26.0 Å². The molecule has 1 aliphatic heterocycles. The summed E-state index contributed by atoms with van der Waals surface area (Å²) in [4.78, 5) is 27.1. The number of piperidine rings is 1. The van der Waals surface area contributed by atoms with Crippen LogP contribution in [-0.4, -0.2) is 48.5 Å². The first-order chi connectivity index (χ1) is 15.7. The lowest BCUT2D eigenvalue weighted by Gasteiger charge is -2.27. The number of carbonyl (C=O) groups excluding carboxylic acids is 2. The molecule has 7 nitrogen and oxygen atoms in total. The molecule has 1 saturated heterocycles. The number of likely N-dealkylation sites (tertiary alicyclic amines) is 1. The lowest BCUT2D eigenvalue weighted by Crippen LogP contribution is -2.37. The van der Waals surface area contributed by atoms with Gasteiger partial charge in [-0.25, -0.2) is 8.42 Å². The molecule has 0 aliphatic carbocycles. The molecule has 0 radical (unpaired) electrons. The molecule has 0 atom stereocenters. The zero-order valence-corrected chi connectivity index (χ0v) is 20.1. The Morgan fingerprint density at radius 1 is 0.970 bits per heavy atom. The minimum Gasteiger partial charge on any atom is -0.341 e. The highest BCUT2D eigenvalue weighted by Gasteiger charge is 2.26. The topological polar surface area (TPSA) is 88.5 Å². The van der Waals surface area contributed by atoms with Crippen molar-refractivity contribution in [2.45, 2.75) is 30.7 Å². The molecule has 0 saturated carbocycles. The van der Waals surface area contributed by atoms with E-state index in [0.717, 1.165) is 32.4 Å². The summed E-state index contributed by atoms with van der Waals surface area (Å²) in [5.41, 5.74) is 0.977. The Morgan fingerprint density at radius 3 is 2.42 bits per heavy atom. The van der Waals surface area contributed by atoms with E-state index in [1.807, 2.05) is 4.90 Å². The maximum absolute atomic E-state index is 13.2. The summed E-state index contributed by atoms with van der Waals surface area (Å²) in [5.74, 6) is -1.49. The van der Waals surface area contributed by atoms with Crippen molar-refractivity contribution in [2.75, 3.05) is 24.2 Å². The standard InChI is InChI=1S/C23H23Cl2N3O4S/c24-18-9-8-16(12-19(18)25)26-22(29)15-33(31,32)21-13-28(20-7-3-2-6-17(20)21)14-23(30)27-10-4-1-5-11-27/h2-3,6-9,12-13H,1,4-5,10-11,14-15H2,(H,26,29). The minimum atomic E-state index is -3.98. The van der Waals surface area contributed by atoms with Crippen LogP contribution in [0.4, 0.5) is 5.69 Å². The Kier molecular flexibility index (Phi) is 6.97. The highest BCUT2D eigenvalue weighted by molar-refractivity contribution is 7.92. The van der Waals surface area contributed by atoms with Gasteiger partial charge in [-0.2, -0.15) is 0 Å². The second-order valence-corrected chi connectivity index (χ2v) is 10.8. The van der Waals surface area contributed by atoms with Gasteiger partial charge in [0.25, 0.3) is 0 Å². The number of nitrogens with zero attached hydrogens (tertiary/aromatic N) is 2. The van der Waals surface area contributed by atoms with Crippen LogP contribution in [0.2, 0.25) is 10.0 Å². The van der Waals surface area contributed by atoms with Gasteiger partial charge in [0.1, 0.15) is 12.3 Å². The van der Waals surface area contributed by atoms with Crippen molar-refractivity contribution >= 4 is 61.4 Å². The van der Waals surface area contributed by atoms with E-state index in [1.54, 1.807) is 28.8 Å². The van der Waals surface area contributed by atoms with Gasteiger partial charge in [-0.05, 0) is 43.5 Å². The zero-order valence-electron chi connectivity index (χ0n) is 17.8. The van der Waals surface area contributed by atoms with Gasteiger partial charge in [-0.15, -0.1) is 0 Å². The fraction of sp³-hybridized carbons (Fsp3) is 0.304. The highest BCUT2D eigenvalue weighted by Crippen LogP contribution is 2.28. The summed E-state index contributed by atoms with van der Waals surface area (Å²) in [6, 6.07) is 11.5. The van der Waals surface area contributed by atoms with Gasteiger partial charge in [0.15, 0.2) is 9.84 Å². The molecular formula is C23H23Cl2N3O4S. The van der Waals surface area contributed by atoms with Crippen molar-refractivity contribution in [1.29, 1.82) is 0 Å². The van der Waals surface area contributed by atoms with Crippen molar-refractivity contribution in [2.24, 2.45) is 0 Å². The molecule has 1 N–H and O–H groups in total. The Labute approximate surface area is 202 Å². The monoisotopic (exact) mass is 507 g/mol. The van der Waals surface area contributed by atoms with Crippen LogP contribution >= 0.6 is 23.2 Å². The van der Waals surface area contributed by atoms with Crippen LogP contribution in [0.15, 0.2) is 53.6 Å². The molecule has 33 heavy (non-hydrogen) atoms. The van der Waals surface area contributed by atoms with Crippen molar-refractivity contribution < 1.29 is 18.0 Å². The van der Waals surface area contributed by atoms with Crippen LogP contribution in [0.1, 0.15) is 19.3 Å². The Bertz CT molecular complexity index is 1310. The molecule has 2 amide bonds. The van der Waals surface area contributed by atoms with Crippen LogP contribution in [0, 0.1) is 0 Å². The lowest BCUT2D eigenvalue weighted by molar-refractivity contribution is -0.132. The van der Waals surface area contributed by atoms with Gasteiger partial charge in [-0.3, -0.25) is 9.59 Å². The van der Waals surface area contributed by atoms with Gasteiger partial charge in [0.05, 0.1) is 14.9 Å². The number of hydrogen-bond acceptors (Lipinski definition) is 4. The predicted molar refractivity (Wildman–Crippen MR) is 130 cm³/mol. The number of halogens is 2. The third kappa shape index (κ3) is 5.34. The average molecular weight is 508 g/mol. The summed E-state index contributed by atoms with van der Waals surface area (Å²) in [6.07, 6.45) is 4.52. The second kappa shape index (κ2) is 9.75. The summed E-state index contributed by atoms with van der Waals surface area (Å²) in [7, 11) is -3.98. The predicted octanol–water partition coefficient (Wildman–Crippen LogP) is 4.37. The van der Waals surface area contributed by atoms with Crippen LogP contribution in [0.5, 0.6) is 0 Å². The van der Waals surface area contributed by atoms with Crippen LogP contribution in [0.25, 0.3) is 10.9 Å². The van der Waals surface area contributed by atoms with Crippen LogP contribution in [0.3, 0.4) is 0 Å². The summed E-state index contributed by atoms with van der Waals surface area (Å²) in [5, 5.41) is 3.59. The number of aromatic nitrogens is 1. The van der Waals surface area contributed by atoms with Crippen molar-refractivity contribution in [3.8, 4) is 0 Å². The van der Waals surface area contributed by atoms with Crippen molar-refractivity contribution in [3.05, 3.63) is 58.7 Å². The molecule has 1 aliphatic rings. The second-order valence-electron chi connectivity index (χ2n) is 8.02. The third-order valence-corrected chi connectivity index (χ3v) is 8.00. The molecule has 0 spiro atoms. The number of rotatable bonds is 6. The van der Waals surface area contributed by atoms with Gasteiger partial charge < -0.3 is 14.8 Å². The van der Waals surface area contributed by atoms with E-state index in [2.05, 4.69) is 5.32 Å². The first kappa shape index (κ1) is 23.6. The number of nitrogens with one attached hydrogen (secondary N) is 1. The number of hydrogen-bond donors (Lipinski definition) is 1. The Morgan fingerprint density at radius 2 is 1.70 bits per heavy atom. The number of benzene rings is 2. The SMILES string of the molecule is O=C(CS(=O)(=O)c1cn(CC(=O)N2CCCCC2)c2ccccc12)Nc1ccc(Cl)c(Cl)c1. The summed E-state index contributed by atoms with van der Waals surface area (Å²) < 4.78 is 28.0. The molecule has 1 fully saturated rings. The van der Waals surface area contributed by atoms with Crippen molar-refractivity contribution in [3.63, 3.8) is 0 Å². The molecule has 10 heteroatoms. The number of carbonyl (C=O) groups is 2. The van der Waals surface area contributed by atoms with Crippen molar-refractivity contribution in [1.82, 2.24) is 9.47 Å². The Balaban J connectivity index is 1.56. The molecule has 4 rings (SSSR count). The number of para-hydroxylation sites is 1. The van der Waals surface area contributed by atoms with E-state index in [0.29, 0.717) is 21.6 Å². The highest BCUT2D eigenvalue weighted by atomic mass is 35.5. The van der Waals surface area contributed by atoms with E-state index in [-0.39, 0.29) is 22.4 Å². The zero-order chi connectivity index (χ0) is 23.6. The van der Waals surface area contributed by atoms with Gasteiger partial charge in [-0.1, -0.05) is 41.4 Å². The van der Waals surface area contributed by atoms with E-state index >= 15 is 0 Å². The normalized spacial score (nSPS) is 14.4. The molecular weight excluding hydrogens is 485 g/mol. The number of amides is 2. The molecule has 0 unspecified atom stereocenters. The first-order valence-electron chi connectivity index (χ1n) is 10.6. The molecule has 2 heterocycles. The average Bonchev–Trinajstić information content (AvgIpc) is 3.16. The fourth-order valence-electron chi connectivity index (χ4n) is 4.00. The minimum absolute atomic E-state index is 0.0221. The molecule has 174 valence electrons. The molecule has 1 aromatic heterocycles. The number of anilines is 1. The van der Waals surface area contributed by atoms with E-state index < -0.39 is 21.5 Å². The number of sulfone groups is 1. The summed E-state index contributed by atoms with van der Waals surface area (Å²) >= 11 is 11.8. The smallest absolute Gasteiger partial charge is 0.242 e. The van der Waals surface area contributed by atoms with Gasteiger partial charge in [0, 0.05) is 35.9 Å². The van der Waals surface area contributed by atoms with Crippen LogP contribution < -0.4 is 5.32 Å². The maximum Gasteiger partial charge on any atom is 0.242 e. The lowest BCUT2D eigenvalue weighted by atomic mass is 10.1. The number of fused-ring (bicyclic) bond motifs is 1. The van der Waals surface area contributed by atoms with E-state index in [1.165, 1.54) is 24.4 Å². The largest absolute Gasteiger partial charge is 0.341 e. The molecule has 0 bridgehead atoms. The Hall–Kier alpha value is -2.55.